The molecule has 1 fully saturated rings. The fourth-order valence-corrected chi connectivity index (χ4v) is 2.53. The third-order valence-electron chi connectivity index (χ3n) is 4.15. The largest absolute Gasteiger partial charge is 0.354 e. The van der Waals surface area contributed by atoms with Crippen molar-refractivity contribution in [2.75, 3.05) is 11.9 Å². The number of nitrogens with zero attached hydrogens (tertiary/aromatic N) is 3. The van der Waals surface area contributed by atoms with Gasteiger partial charge in [0.1, 0.15) is 6.54 Å². The first-order valence-corrected chi connectivity index (χ1v) is 8.22. The van der Waals surface area contributed by atoms with Gasteiger partial charge in [-0.15, -0.1) is 5.10 Å². The van der Waals surface area contributed by atoms with Crippen LogP contribution < -0.4 is 10.6 Å². The molecule has 24 heavy (non-hydrogen) atoms. The lowest BCUT2D eigenvalue weighted by Gasteiger charge is -2.23. The van der Waals surface area contributed by atoms with Crippen molar-refractivity contribution in [2.45, 2.75) is 32.2 Å². The highest BCUT2D eigenvalue weighted by Crippen LogP contribution is 2.27. The summed E-state index contributed by atoms with van der Waals surface area (Å²) in [6.07, 6.45) is 5.33. The van der Waals surface area contributed by atoms with Crippen LogP contribution >= 0.6 is 0 Å². The zero-order valence-corrected chi connectivity index (χ0v) is 13.4. The quantitative estimate of drug-likeness (QED) is 0.804. The van der Waals surface area contributed by atoms with Crippen molar-refractivity contribution in [2.24, 2.45) is 5.92 Å². The molecule has 2 amide bonds. The van der Waals surface area contributed by atoms with Crippen molar-refractivity contribution in [3.8, 4) is 0 Å². The molecule has 0 saturated heterocycles. The minimum atomic E-state index is -0.132. The average Bonchev–Trinajstić information content (AvgIpc) is 2.93. The molecule has 3 rings (SSSR count). The number of nitrogens with one attached hydrogen (secondary N) is 2. The summed E-state index contributed by atoms with van der Waals surface area (Å²) in [7, 11) is 0. The second-order valence-corrected chi connectivity index (χ2v) is 6.00. The summed E-state index contributed by atoms with van der Waals surface area (Å²) < 4.78 is 1.42. The lowest BCUT2D eigenvalue weighted by atomic mass is 9.85. The molecule has 1 aliphatic carbocycles. The average molecular weight is 327 g/mol. The summed E-state index contributed by atoms with van der Waals surface area (Å²) in [5.41, 5.74) is 1.18. The van der Waals surface area contributed by atoms with Crippen LogP contribution in [0, 0.1) is 5.92 Å². The fourth-order valence-electron chi connectivity index (χ4n) is 2.53. The van der Waals surface area contributed by atoms with Crippen molar-refractivity contribution in [3.05, 3.63) is 42.1 Å². The predicted octanol–water partition coefficient (Wildman–Crippen LogP) is 1.38. The maximum atomic E-state index is 11.9. The minimum Gasteiger partial charge on any atom is -0.354 e. The normalized spacial score (nSPS) is 14.0. The molecule has 7 nitrogen and oxygen atoms in total. The Morgan fingerprint density at radius 1 is 1.21 bits per heavy atom. The molecule has 126 valence electrons. The molecule has 0 spiro atoms. The number of rotatable bonds is 7. The fraction of sp³-hybridized carbons (Fsp3) is 0.412. The second-order valence-electron chi connectivity index (χ2n) is 6.00. The number of carbonyl (C=O) groups is 2. The van der Waals surface area contributed by atoms with E-state index in [0.29, 0.717) is 12.4 Å². The van der Waals surface area contributed by atoms with Crippen molar-refractivity contribution in [1.29, 1.82) is 0 Å². The SMILES string of the molecule is O=C(Cn1cc(NC(=O)C2CCC2)nn1)NCCc1ccccc1. The van der Waals surface area contributed by atoms with E-state index in [2.05, 4.69) is 20.9 Å². The van der Waals surface area contributed by atoms with Crippen molar-refractivity contribution in [1.82, 2.24) is 20.3 Å². The monoisotopic (exact) mass is 327 g/mol. The Hall–Kier alpha value is -2.70. The Morgan fingerprint density at radius 2 is 2.00 bits per heavy atom. The van der Waals surface area contributed by atoms with Crippen LogP contribution in [0.25, 0.3) is 0 Å². The third-order valence-corrected chi connectivity index (χ3v) is 4.15. The van der Waals surface area contributed by atoms with E-state index in [1.54, 1.807) is 6.20 Å². The molecule has 1 saturated carbocycles. The standard InChI is InChI=1S/C17H21N5O2/c23-16(18-10-9-13-5-2-1-3-6-13)12-22-11-15(20-21-22)19-17(24)14-7-4-8-14/h1-3,5-6,11,14H,4,7-10,12H2,(H,18,23)(H,19,24). The zero-order chi connectivity index (χ0) is 16.8. The van der Waals surface area contributed by atoms with E-state index in [1.807, 2.05) is 30.3 Å². The van der Waals surface area contributed by atoms with Crippen LogP contribution in [0.4, 0.5) is 5.82 Å². The third kappa shape index (κ3) is 4.41. The van der Waals surface area contributed by atoms with Gasteiger partial charge in [0.25, 0.3) is 0 Å². The van der Waals surface area contributed by atoms with Crippen molar-refractivity contribution < 1.29 is 9.59 Å². The maximum Gasteiger partial charge on any atom is 0.241 e. The highest BCUT2D eigenvalue weighted by molar-refractivity contribution is 5.92. The Kier molecular flexibility index (Phi) is 5.20. The molecule has 2 aromatic rings. The van der Waals surface area contributed by atoms with E-state index in [0.717, 1.165) is 25.7 Å². The van der Waals surface area contributed by atoms with E-state index in [-0.39, 0.29) is 24.3 Å². The zero-order valence-electron chi connectivity index (χ0n) is 13.4. The van der Waals surface area contributed by atoms with Gasteiger partial charge in [-0.1, -0.05) is 42.0 Å². The first-order valence-electron chi connectivity index (χ1n) is 8.22. The maximum absolute atomic E-state index is 11.9. The molecule has 7 heteroatoms. The summed E-state index contributed by atoms with van der Waals surface area (Å²) in [4.78, 5) is 23.7. The number of hydrogen-bond donors (Lipinski definition) is 2. The smallest absolute Gasteiger partial charge is 0.241 e. The molecule has 0 aliphatic heterocycles. The van der Waals surface area contributed by atoms with Crippen molar-refractivity contribution in [3.63, 3.8) is 0 Å². The summed E-state index contributed by atoms with van der Waals surface area (Å²) in [6, 6.07) is 9.98. The lowest BCUT2D eigenvalue weighted by Crippen LogP contribution is -2.29. The molecular weight excluding hydrogens is 306 g/mol. The summed E-state index contributed by atoms with van der Waals surface area (Å²) >= 11 is 0. The van der Waals surface area contributed by atoms with Gasteiger partial charge in [0.05, 0.1) is 6.20 Å². The molecule has 1 heterocycles. The molecule has 1 aromatic heterocycles. The Morgan fingerprint density at radius 3 is 2.71 bits per heavy atom. The number of benzene rings is 1. The molecule has 1 aliphatic rings. The first kappa shape index (κ1) is 16.2. The number of aromatic nitrogens is 3. The van der Waals surface area contributed by atoms with Crippen molar-refractivity contribution >= 4 is 17.6 Å². The predicted molar refractivity (Wildman–Crippen MR) is 89.1 cm³/mol. The number of amides is 2. The second kappa shape index (κ2) is 7.72. The van der Waals surface area contributed by atoms with Crippen LogP contribution in [0.5, 0.6) is 0 Å². The van der Waals surface area contributed by atoms with Gasteiger partial charge in [-0.05, 0) is 24.8 Å². The van der Waals surface area contributed by atoms with Gasteiger partial charge in [-0.25, -0.2) is 4.68 Å². The highest BCUT2D eigenvalue weighted by atomic mass is 16.2. The Labute approximate surface area is 140 Å². The first-order chi connectivity index (χ1) is 11.7. The van der Waals surface area contributed by atoms with Gasteiger partial charge < -0.3 is 10.6 Å². The molecular formula is C17H21N5O2. The topological polar surface area (TPSA) is 88.9 Å². The molecule has 0 radical (unpaired) electrons. The van der Waals surface area contributed by atoms with Gasteiger partial charge in [-0.3, -0.25) is 9.59 Å². The van der Waals surface area contributed by atoms with E-state index in [1.165, 1.54) is 10.2 Å². The summed E-state index contributed by atoms with van der Waals surface area (Å²) in [6.45, 7) is 0.657. The van der Waals surface area contributed by atoms with Gasteiger partial charge in [0, 0.05) is 12.5 Å². The number of carbonyl (C=O) groups excluding carboxylic acids is 2. The molecule has 0 unspecified atom stereocenters. The number of hydrogen-bond acceptors (Lipinski definition) is 4. The van der Waals surface area contributed by atoms with E-state index >= 15 is 0 Å². The molecule has 1 aromatic carbocycles. The van der Waals surface area contributed by atoms with Gasteiger partial charge in [-0.2, -0.15) is 0 Å². The molecule has 0 atom stereocenters. The highest BCUT2D eigenvalue weighted by Gasteiger charge is 2.25. The Balaban J connectivity index is 1.40. The van der Waals surface area contributed by atoms with E-state index in [4.69, 9.17) is 0 Å². The minimum absolute atomic E-state index is 0.0133. The molecule has 2 N–H and O–H groups in total. The van der Waals surface area contributed by atoms with Crippen LogP contribution in [0.1, 0.15) is 24.8 Å². The van der Waals surface area contributed by atoms with E-state index < -0.39 is 0 Å². The van der Waals surface area contributed by atoms with E-state index in [9.17, 15) is 9.59 Å². The lowest BCUT2D eigenvalue weighted by molar-refractivity contribution is -0.122. The molecule has 0 bridgehead atoms. The summed E-state index contributed by atoms with van der Waals surface area (Å²) in [5, 5.41) is 13.3. The van der Waals surface area contributed by atoms with Gasteiger partial charge in [0.2, 0.25) is 11.8 Å². The number of anilines is 1. The summed E-state index contributed by atoms with van der Waals surface area (Å²) in [5.74, 6) is 0.341. The van der Waals surface area contributed by atoms with Gasteiger partial charge >= 0.3 is 0 Å². The van der Waals surface area contributed by atoms with Crippen LogP contribution in [0.2, 0.25) is 0 Å². The van der Waals surface area contributed by atoms with Crippen LogP contribution in [0.15, 0.2) is 36.5 Å². The van der Waals surface area contributed by atoms with Crippen LogP contribution in [0.3, 0.4) is 0 Å². The van der Waals surface area contributed by atoms with Gasteiger partial charge in [0.15, 0.2) is 5.82 Å². The van der Waals surface area contributed by atoms with Crippen LogP contribution in [-0.2, 0) is 22.6 Å². The Bertz CT molecular complexity index is 694. The van der Waals surface area contributed by atoms with Crippen LogP contribution in [-0.4, -0.2) is 33.4 Å².